The van der Waals surface area contributed by atoms with Crippen molar-refractivity contribution in [1.82, 2.24) is 0 Å². The summed E-state index contributed by atoms with van der Waals surface area (Å²) in [5.74, 6) is 0. The van der Waals surface area contributed by atoms with Gasteiger partial charge >= 0.3 is 0 Å². The van der Waals surface area contributed by atoms with Gasteiger partial charge in [0.15, 0.2) is 0 Å². The highest BCUT2D eigenvalue weighted by molar-refractivity contribution is 6.30. The van der Waals surface area contributed by atoms with Crippen molar-refractivity contribution in [3.63, 3.8) is 0 Å². The van der Waals surface area contributed by atoms with Crippen molar-refractivity contribution in [1.29, 1.82) is 0 Å². The molecule has 1 aromatic rings. The fraction of sp³-hybridized carbons (Fsp3) is 0.462. The zero-order valence-corrected chi connectivity index (χ0v) is 9.64. The number of halogens is 1. The summed E-state index contributed by atoms with van der Waals surface area (Å²) in [6.45, 7) is 2.31. The lowest BCUT2D eigenvalue weighted by molar-refractivity contribution is 0.498. The van der Waals surface area contributed by atoms with E-state index in [0.717, 1.165) is 17.1 Å². The lowest BCUT2D eigenvalue weighted by atomic mass is 9.71. The molecule has 2 aliphatic rings. The van der Waals surface area contributed by atoms with Gasteiger partial charge in [-0.1, -0.05) is 24.9 Å². The normalized spacial score (nSPS) is 28.3. The van der Waals surface area contributed by atoms with E-state index in [1.165, 1.54) is 30.5 Å². The number of hydrogen-bond donors (Lipinski definition) is 0. The van der Waals surface area contributed by atoms with Crippen LogP contribution >= 0.6 is 11.6 Å². The average Bonchev–Trinajstić information content (AvgIpc) is 2.51. The van der Waals surface area contributed by atoms with E-state index in [9.17, 15) is 0 Å². The van der Waals surface area contributed by atoms with Crippen LogP contribution in [0.1, 0.15) is 38.2 Å². The number of hydrogen-bond acceptors (Lipinski definition) is 1. The van der Waals surface area contributed by atoms with Gasteiger partial charge in [0, 0.05) is 16.1 Å². The maximum atomic E-state index is 6.07. The van der Waals surface area contributed by atoms with Gasteiger partial charge in [0.2, 0.25) is 0 Å². The summed E-state index contributed by atoms with van der Waals surface area (Å²) in [5, 5.41) is 0.831. The molecule has 0 saturated heterocycles. The van der Waals surface area contributed by atoms with Crippen LogP contribution in [0.2, 0.25) is 5.02 Å². The largest absolute Gasteiger partial charge is 0.257 e. The van der Waals surface area contributed by atoms with Crippen LogP contribution in [-0.2, 0) is 5.41 Å². The Kier molecular flexibility index (Phi) is 1.93. The van der Waals surface area contributed by atoms with E-state index < -0.39 is 0 Å². The Morgan fingerprint density at radius 1 is 1.33 bits per heavy atom. The summed E-state index contributed by atoms with van der Waals surface area (Å²) in [6, 6.07) is 6.08. The molecule has 2 heteroatoms. The molecule has 0 spiro atoms. The Morgan fingerprint density at radius 2 is 2.20 bits per heavy atom. The van der Waals surface area contributed by atoms with Gasteiger partial charge in [-0.3, -0.25) is 4.99 Å². The molecule has 1 nitrogen and oxygen atoms in total. The molecule has 15 heavy (non-hydrogen) atoms. The van der Waals surface area contributed by atoms with Gasteiger partial charge < -0.3 is 0 Å². The third-order valence-corrected chi connectivity index (χ3v) is 4.02. The van der Waals surface area contributed by atoms with Crippen LogP contribution in [0.3, 0.4) is 0 Å². The smallest absolute Gasteiger partial charge is 0.0671 e. The second kappa shape index (κ2) is 3.08. The van der Waals surface area contributed by atoms with Crippen LogP contribution in [-0.4, -0.2) is 5.71 Å². The van der Waals surface area contributed by atoms with E-state index in [0.29, 0.717) is 0 Å². The topological polar surface area (TPSA) is 12.4 Å². The highest BCUT2D eigenvalue weighted by Crippen LogP contribution is 2.47. The second-order valence-electron chi connectivity index (χ2n) is 4.76. The van der Waals surface area contributed by atoms with Crippen molar-refractivity contribution in [3.05, 3.63) is 28.8 Å². The van der Waals surface area contributed by atoms with Crippen LogP contribution in [0.4, 0.5) is 5.69 Å². The number of benzene rings is 1. The van der Waals surface area contributed by atoms with E-state index in [1.54, 1.807) is 0 Å². The molecule has 1 saturated carbocycles. The first-order chi connectivity index (χ1) is 7.20. The summed E-state index contributed by atoms with van der Waals surface area (Å²) in [4.78, 5) is 4.74. The number of fused-ring (bicyclic) bond motifs is 3. The Balaban J connectivity index is 2.18. The first-order valence-electron chi connectivity index (χ1n) is 5.58. The quantitative estimate of drug-likeness (QED) is 0.618. The summed E-state index contributed by atoms with van der Waals surface area (Å²) in [6.07, 6.45) is 4.97. The minimum Gasteiger partial charge on any atom is -0.257 e. The van der Waals surface area contributed by atoms with Crippen molar-refractivity contribution in [3.8, 4) is 0 Å². The molecular formula is C13H14ClN. The van der Waals surface area contributed by atoms with E-state index in [4.69, 9.17) is 16.6 Å². The van der Waals surface area contributed by atoms with E-state index >= 15 is 0 Å². The fourth-order valence-electron chi connectivity index (χ4n) is 2.85. The zero-order valence-electron chi connectivity index (χ0n) is 8.89. The molecule has 1 unspecified atom stereocenters. The average molecular weight is 220 g/mol. The molecular weight excluding hydrogens is 206 g/mol. The lowest BCUT2D eigenvalue weighted by Gasteiger charge is -2.31. The third-order valence-electron chi connectivity index (χ3n) is 3.79. The molecule has 0 radical (unpaired) electrons. The highest BCUT2D eigenvalue weighted by Gasteiger charge is 2.40. The van der Waals surface area contributed by atoms with Gasteiger partial charge in [0.1, 0.15) is 0 Å². The molecule has 1 heterocycles. The maximum absolute atomic E-state index is 6.07. The van der Waals surface area contributed by atoms with Crippen LogP contribution in [0, 0.1) is 0 Å². The van der Waals surface area contributed by atoms with Crippen molar-refractivity contribution in [2.45, 2.75) is 38.0 Å². The molecule has 0 aromatic heterocycles. The SMILES string of the molecule is CC12CCCCC1=Nc1ccc(Cl)cc12. The Bertz CT molecular complexity index is 450. The van der Waals surface area contributed by atoms with Gasteiger partial charge in [-0.2, -0.15) is 0 Å². The fourth-order valence-corrected chi connectivity index (χ4v) is 3.03. The monoisotopic (exact) mass is 219 g/mol. The summed E-state index contributed by atoms with van der Waals surface area (Å²) in [7, 11) is 0. The van der Waals surface area contributed by atoms with Gasteiger partial charge in [-0.25, -0.2) is 0 Å². The van der Waals surface area contributed by atoms with Crippen molar-refractivity contribution < 1.29 is 0 Å². The highest BCUT2D eigenvalue weighted by atomic mass is 35.5. The van der Waals surface area contributed by atoms with Crippen LogP contribution in [0.15, 0.2) is 23.2 Å². The molecule has 1 aromatic carbocycles. The zero-order chi connectivity index (χ0) is 10.5. The van der Waals surface area contributed by atoms with Gasteiger partial charge in [0.05, 0.1) is 5.69 Å². The van der Waals surface area contributed by atoms with Crippen molar-refractivity contribution in [2.24, 2.45) is 4.99 Å². The molecule has 1 atom stereocenters. The summed E-state index contributed by atoms with van der Waals surface area (Å²) < 4.78 is 0. The first kappa shape index (κ1) is 9.41. The van der Waals surface area contributed by atoms with Crippen LogP contribution in [0.5, 0.6) is 0 Å². The predicted molar refractivity (Wildman–Crippen MR) is 64.4 cm³/mol. The van der Waals surface area contributed by atoms with E-state index in [-0.39, 0.29) is 5.41 Å². The number of rotatable bonds is 0. The minimum absolute atomic E-state index is 0.179. The lowest BCUT2D eigenvalue weighted by Crippen LogP contribution is -2.32. The van der Waals surface area contributed by atoms with Crippen LogP contribution in [0.25, 0.3) is 0 Å². The number of nitrogens with zero attached hydrogens (tertiary/aromatic N) is 1. The maximum Gasteiger partial charge on any atom is 0.0671 e. The van der Waals surface area contributed by atoms with Crippen molar-refractivity contribution >= 4 is 23.0 Å². The number of aliphatic imine (C=N–C) groups is 1. The molecule has 78 valence electrons. The Morgan fingerprint density at radius 3 is 3.07 bits per heavy atom. The molecule has 1 aliphatic carbocycles. The van der Waals surface area contributed by atoms with E-state index in [1.807, 2.05) is 12.1 Å². The van der Waals surface area contributed by atoms with Crippen LogP contribution < -0.4 is 0 Å². The molecule has 1 aliphatic heterocycles. The van der Waals surface area contributed by atoms with Gasteiger partial charge in [0.25, 0.3) is 0 Å². The molecule has 0 N–H and O–H groups in total. The standard InChI is InChI=1S/C13H14ClN/c1-13-7-3-2-4-12(13)15-11-6-5-9(14)8-10(11)13/h5-6,8H,2-4,7H2,1H3. The summed E-state index contributed by atoms with van der Waals surface area (Å²) >= 11 is 6.07. The molecule has 0 bridgehead atoms. The molecule has 1 fully saturated rings. The molecule has 0 amide bonds. The van der Waals surface area contributed by atoms with Gasteiger partial charge in [-0.15, -0.1) is 0 Å². The van der Waals surface area contributed by atoms with Crippen molar-refractivity contribution in [2.75, 3.05) is 0 Å². The Hall–Kier alpha value is -0.820. The second-order valence-corrected chi connectivity index (χ2v) is 5.20. The first-order valence-corrected chi connectivity index (χ1v) is 5.96. The molecule has 3 rings (SSSR count). The third kappa shape index (κ3) is 1.26. The Labute approximate surface area is 95.2 Å². The van der Waals surface area contributed by atoms with E-state index in [2.05, 4.69) is 13.0 Å². The minimum atomic E-state index is 0.179. The van der Waals surface area contributed by atoms with Gasteiger partial charge in [-0.05, 0) is 43.0 Å². The predicted octanol–water partition coefficient (Wildman–Crippen LogP) is 4.26. The summed E-state index contributed by atoms with van der Waals surface area (Å²) in [5.41, 5.74) is 4.02.